The number of nitrogens with zero attached hydrogens (tertiary/aromatic N) is 2. The molecule has 0 bridgehead atoms. The lowest BCUT2D eigenvalue weighted by Gasteiger charge is -2.31. The van der Waals surface area contributed by atoms with Crippen LogP contribution in [0.15, 0.2) is 50.8 Å². The zero-order valence-corrected chi connectivity index (χ0v) is 25.4. The van der Waals surface area contributed by atoms with Crippen molar-refractivity contribution in [3.8, 4) is 0 Å². The van der Waals surface area contributed by atoms with Crippen LogP contribution in [0.3, 0.4) is 0 Å². The summed E-state index contributed by atoms with van der Waals surface area (Å²) in [4.78, 5) is 17.5. The lowest BCUT2D eigenvalue weighted by atomic mass is 9.83. The summed E-state index contributed by atoms with van der Waals surface area (Å²) in [7, 11) is 0. The predicted molar refractivity (Wildman–Crippen MR) is 160 cm³/mol. The maximum atomic E-state index is 12.9. The third-order valence-corrected chi connectivity index (χ3v) is 8.52. The van der Waals surface area contributed by atoms with Crippen LogP contribution in [-0.2, 0) is 4.74 Å². The highest BCUT2D eigenvalue weighted by Crippen LogP contribution is 2.38. The summed E-state index contributed by atoms with van der Waals surface area (Å²) in [6.45, 7) is 15.3. The summed E-state index contributed by atoms with van der Waals surface area (Å²) in [5.74, 6) is 2.64. The van der Waals surface area contributed by atoms with Gasteiger partial charge in [0.1, 0.15) is 5.82 Å². The molecule has 1 saturated heterocycles. The fourth-order valence-electron chi connectivity index (χ4n) is 5.39. The summed E-state index contributed by atoms with van der Waals surface area (Å²) in [5.41, 5.74) is 3.74. The number of allylic oxidation sites excluding steroid dienone is 4. The van der Waals surface area contributed by atoms with E-state index in [4.69, 9.17) is 4.74 Å². The Hall–Kier alpha value is -1.72. The summed E-state index contributed by atoms with van der Waals surface area (Å²) in [5, 5.41) is 0.686. The summed E-state index contributed by atoms with van der Waals surface area (Å²) >= 11 is 3.60. The fourth-order valence-corrected chi connectivity index (χ4v) is 5.91. The van der Waals surface area contributed by atoms with Gasteiger partial charge in [-0.05, 0) is 77.7 Å². The molecule has 0 saturated carbocycles. The molecule has 2 aromatic rings. The van der Waals surface area contributed by atoms with E-state index >= 15 is 0 Å². The number of aromatic nitrogens is 2. The van der Waals surface area contributed by atoms with Gasteiger partial charge in [0.25, 0.3) is 5.56 Å². The second kappa shape index (κ2) is 14.4. The van der Waals surface area contributed by atoms with Crippen LogP contribution in [0.4, 0.5) is 0 Å². The first-order valence-electron chi connectivity index (χ1n) is 14.5. The van der Waals surface area contributed by atoms with Crippen molar-refractivity contribution in [3.05, 3.63) is 62.1 Å². The maximum Gasteiger partial charge on any atom is 0.281 e. The van der Waals surface area contributed by atoms with Gasteiger partial charge in [-0.2, -0.15) is 4.98 Å². The maximum absolute atomic E-state index is 12.9. The Morgan fingerprint density at radius 1 is 1.14 bits per heavy atom. The number of ether oxygens (including phenoxy) is 1. The summed E-state index contributed by atoms with van der Waals surface area (Å²) in [6, 6.07) is 6.24. The summed E-state index contributed by atoms with van der Waals surface area (Å²) < 4.78 is 8.01. The van der Waals surface area contributed by atoms with Crippen molar-refractivity contribution in [2.45, 2.75) is 105 Å². The van der Waals surface area contributed by atoms with E-state index in [1.54, 1.807) is 0 Å². The van der Waals surface area contributed by atoms with E-state index in [1.807, 2.05) is 12.1 Å². The van der Waals surface area contributed by atoms with Crippen LogP contribution in [0.2, 0.25) is 0 Å². The molecule has 1 fully saturated rings. The Morgan fingerprint density at radius 3 is 2.43 bits per heavy atom. The molecule has 0 amide bonds. The predicted octanol–water partition coefficient (Wildman–Crippen LogP) is 9.14. The van der Waals surface area contributed by atoms with E-state index in [1.165, 1.54) is 49.7 Å². The average molecular weight is 572 g/mol. The van der Waals surface area contributed by atoms with E-state index in [0.717, 1.165) is 47.8 Å². The largest absolute Gasteiger partial charge is 0.381 e. The number of rotatable bonds is 10. The van der Waals surface area contributed by atoms with Crippen molar-refractivity contribution in [1.82, 2.24) is 9.55 Å². The van der Waals surface area contributed by atoms with Gasteiger partial charge in [0.05, 0.1) is 30.2 Å². The number of fused-ring (bicyclic) bond motifs is 1. The Kier molecular flexibility index (Phi) is 11.6. The molecule has 1 aliphatic heterocycles. The van der Waals surface area contributed by atoms with Crippen LogP contribution >= 0.6 is 15.9 Å². The smallest absolute Gasteiger partial charge is 0.281 e. The molecule has 0 radical (unpaired) electrons. The molecule has 2 aliphatic rings. The molecule has 1 aromatic carbocycles. The minimum atomic E-state index is -0.133. The quantitative estimate of drug-likeness (QED) is 0.267. The molecule has 37 heavy (non-hydrogen) atoms. The van der Waals surface area contributed by atoms with Gasteiger partial charge in [0.15, 0.2) is 0 Å². The molecule has 0 spiro atoms. The highest BCUT2D eigenvalue weighted by molar-refractivity contribution is 9.10. The molecule has 3 unspecified atom stereocenters. The highest BCUT2D eigenvalue weighted by atomic mass is 79.9. The molecular formula is C32H47BrN2O2. The normalized spacial score (nSPS) is 19.4. The van der Waals surface area contributed by atoms with Crippen molar-refractivity contribution >= 4 is 26.8 Å². The number of hydrogen-bond donors (Lipinski definition) is 0. The van der Waals surface area contributed by atoms with Gasteiger partial charge < -0.3 is 9.30 Å². The van der Waals surface area contributed by atoms with Gasteiger partial charge in [0, 0.05) is 16.3 Å². The van der Waals surface area contributed by atoms with E-state index in [-0.39, 0.29) is 17.5 Å². The minimum Gasteiger partial charge on any atom is -0.381 e. The minimum absolute atomic E-state index is 0.133. The van der Waals surface area contributed by atoms with Crippen LogP contribution in [-0.4, -0.2) is 22.8 Å². The number of halogens is 1. The van der Waals surface area contributed by atoms with Gasteiger partial charge in [-0.15, -0.1) is 0 Å². The van der Waals surface area contributed by atoms with Crippen LogP contribution in [0.5, 0.6) is 0 Å². The molecule has 4 nitrogen and oxygen atoms in total. The Labute approximate surface area is 232 Å². The van der Waals surface area contributed by atoms with Gasteiger partial charge in [-0.3, -0.25) is 4.79 Å². The monoisotopic (exact) mass is 570 g/mol. The molecule has 3 atom stereocenters. The zero-order chi connectivity index (χ0) is 26.9. The summed E-state index contributed by atoms with van der Waals surface area (Å²) in [6.07, 6.45) is 14.5. The molecule has 4 rings (SSSR count). The van der Waals surface area contributed by atoms with Gasteiger partial charge in [-0.25, -0.2) is 0 Å². The molecule has 204 valence electrons. The third-order valence-electron chi connectivity index (χ3n) is 7.86. The molecule has 1 aromatic heterocycles. The van der Waals surface area contributed by atoms with Crippen LogP contribution < -0.4 is 5.56 Å². The van der Waals surface area contributed by atoms with Gasteiger partial charge in [0.2, 0.25) is 0 Å². The van der Waals surface area contributed by atoms with Gasteiger partial charge in [-0.1, -0.05) is 78.5 Å². The molecule has 0 N–H and O–H groups in total. The van der Waals surface area contributed by atoms with E-state index in [9.17, 15) is 4.79 Å². The average Bonchev–Trinajstić information content (AvgIpc) is 2.87. The van der Waals surface area contributed by atoms with Crippen molar-refractivity contribution < 1.29 is 4.74 Å². The standard InChI is InChI=1S/C28H39BrN2O.C4H8O/c1-6-9-10-13-21(12-7-2)22-16-17-24(20(5)18-22)31-25-15-11-14-23(29)26(25)28(32)30-27(31)19(4)8-3;1-4-2-5-3-4/h11,14-16,18-19,21,24H,6-10,12-13,17H2,1-5H3;4H,2-3H2,1H3. The Morgan fingerprint density at radius 2 is 1.86 bits per heavy atom. The van der Waals surface area contributed by atoms with Crippen LogP contribution in [0.25, 0.3) is 10.9 Å². The first-order chi connectivity index (χ1) is 17.8. The SMILES string of the molecule is CC1COC1.CCCCCC(CCC)C1=CCC(n2c(C(C)CC)nc(=O)c3c(Br)cccc32)C(C)=C1. The van der Waals surface area contributed by atoms with E-state index in [2.05, 4.69) is 85.2 Å². The fraction of sp³-hybridized carbons (Fsp3) is 0.625. The molecule has 5 heteroatoms. The molecular weight excluding hydrogens is 524 g/mol. The first kappa shape index (κ1) is 29.8. The second-order valence-electron chi connectivity index (χ2n) is 11.1. The number of unbranched alkanes of at least 4 members (excludes halogenated alkanes) is 2. The van der Waals surface area contributed by atoms with Crippen LogP contribution in [0.1, 0.15) is 111 Å². The molecule has 2 heterocycles. The van der Waals surface area contributed by atoms with E-state index < -0.39 is 0 Å². The van der Waals surface area contributed by atoms with E-state index in [0.29, 0.717) is 11.3 Å². The molecule has 1 aliphatic carbocycles. The topological polar surface area (TPSA) is 44.1 Å². The number of hydrogen-bond acceptors (Lipinski definition) is 3. The van der Waals surface area contributed by atoms with Gasteiger partial charge >= 0.3 is 0 Å². The zero-order valence-electron chi connectivity index (χ0n) is 23.9. The van der Waals surface area contributed by atoms with Crippen molar-refractivity contribution in [1.29, 1.82) is 0 Å². The Bertz CT molecular complexity index is 1150. The highest BCUT2D eigenvalue weighted by Gasteiger charge is 2.26. The second-order valence-corrected chi connectivity index (χ2v) is 11.9. The lowest BCUT2D eigenvalue weighted by molar-refractivity contribution is -0.0221. The number of benzene rings is 1. The Balaban J connectivity index is 0.000000678. The van der Waals surface area contributed by atoms with Crippen molar-refractivity contribution in [2.75, 3.05) is 13.2 Å². The lowest BCUT2D eigenvalue weighted by Crippen LogP contribution is -2.25. The van der Waals surface area contributed by atoms with Crippen LogP contribution in [0, 0.1) is 11.8 Å². The first-order valence-corrected chi connectivity index (χ1v) is 15.3. The van der Waals surface area contributed by atoms with Crippen molar-refractivity contribution in [2.24, 2.45) is 11.8 Å². The van der Waals surface area contributed by atoms with Crippen molar-refractivity contribution in [3.63, 3.8) is 0 Å². The third kappa shape index (κ3) is 7.44.